The van der Waals surface area contributed by atoms with Gasteiger partial charge >= 0.3 is 12.4 Å². The van der Waals surface area contributed by atoms with E-state index >= 15 is 0 Å². The number of rotatable bonds is 6. The molecule has 2 aliphatic heterocycles. The molecule has 8 nitrogen and oxygen atoms in total. The van der Waals surface area contributed by atoms with Crippen LogP contribution in [0.1, 0.15) is 24.0 Å². The topological polar surface area (TPSA) is 91.0 Å². The van der Waals surface area contributed by atoms with Crippen LogP contribution < -0.4 is 15.4 Å². The standard InChI is InChI=1S/C24H25F3N4O4/c1-15-4-6-16(7-5-15)13-31-22(33)21-19(3-2-12-28-21)30(23(31)34)14-20(32)29-17-8-10-18(11-9-17)35-24(25,26)27/h4-11,19,21,28H,2-3,12-14H2,1H3,(H,29,32). The number of nitrogens with zero attached hydrogens (tertiary/aromatic N) is 2. The molecule has 4 amide bonds. The minimum Gasteiger partial charge on any atom is -0.406 e. The quantitative estimate of drug-likeness (QED) is 0.648. The molecule has 2 saturated heterocycles. The second-order valence-electron chi connectivity index (χ2n) is 8.58. The van der Waals surface area contributed by atoms with Gasteiger partial charge in [0.1, 0.15) is 18.3 Å². The number of carbonyl (C=O) groups is 3. The lowest BCUT2D eigenvalue weighted by Crippen LogP contribution is -2.70. The van der Waals surface area contributed by atoms with Gasteiger partial charge in [-0.3, -0.25) is 14.5 Å². The second-order valence-corrected chi connectivity index (χ2v) is 8.58. The van der Waals surface area contributed by atoms with E-state index in [0.29, 0.717) is 13.0 Å². The van der Waals surface area contributed by atoms with Crippen LogP contribution in [0.25, 0.3) is 0 Å². The molecule has 0 radical (unpaired) electrons. The lowest BCUT2D eigenvalue weighted by molar-refractivity contribution is -0.274. The van der Waals surface area contributed by atoms with Crippen LogP contribution in [0.4, 0.5) is 23.7 Å². The van der Waals surface area contributed by atoms with E-state index in [1.54, 1.807) is 0 Å². The van der Waals surface area contributed by atoms with Gasteiger partial charge in [0, 0.05) is 5.69 Å². The van der Waals surface area contributed by atoms with Crippen LogP contribution in [0.2, 0.25) is 0 Å². The predicted molar refractivity (Wildman–Crippen MR) is 120 cm³/mol. The summed E-state index contributed by atoms with van der Waals surface area (Å²) in [4.78, 5) is 41.7. The highest BCUT2D eigenvalue weighted by Crippen LogP contribution is 2.27. The Hall–Kier alpha value is -3.60. The minimum atomic E-state index is -4.81. The molecule has 11 heteroatoms. The Morgan fingerprint density at radius 1 is 1.11 bits per heavy atom. The van der Waals surface area contributed by atoms with E-state index in [0.717, 1.165) is 34.6 Å². The summed E-state index contributed by atoms with van der Waals surface area (Å²) in [6, 6.07) is 10.6. The third kappa shape index (κ3) is 5.91. The summed E-state index contributed by atoms with van der Waals surface area (Å²) in [5.74, 6) is -1.27. The fourth-order valence-electron chi connectivity index (χ4n) is 4.32. The van der Waals surface area contributed by atoms with Crippen LogP contribution in [0, 0.1) is 6.92 Å². The summed E-state index contributed by atoms with van der Waals surface area (Å²) >= 11 is 0. The summed E-state index contributed by atoms with van der Waals surface area (Å²) in [5, 5.41) is 5.76. The number of halogens is 3. The number of fused-ring (bicyclic) bond motifs is 1. The van der Waals surface area contributed by atoms with Crippen molar-refractivity contribution < 1.29 is 32.3 Å². The highest BCUT2D eigenvalue weighted by atomic mass is 19.4. The van der Waals surface area contributed by atoms with Crippen molar-refractivity contribution in [1.82, 2.24) is 15.1 Å². The van der Waals surface area contributed by atoms with Crippen molar-refractivity contribution in [2.75, 3.05) is 18.4 Å². The zero-order chi connectivity index (χ0) is 25.2. The van der Waals surface area contributed by atoms with Gasteiger partial charge in [-0.2, -0.15) is 0 Å². The van der Waals surface area contributed by atoms with E-state index in [-0.39, 0.29) is 24.7 Å². The van der Waals surface area contributed by atoms with Crippen LogP contribution in [-0.2, 0) is 16.1 Å². The highest BCUT2D eigenvalue weighted by Gasteiger charge is 2.47. The first kappa shape index (κ1) is 24.5. The number of nitrogens with one attached hydrogen (secondary N) is 2. The number of hydrogen-bond donors (Lipinski definition) is 2. The van der Waals surface area contributed by atoms with Gasteiger partial charge in [-0.05, 0) is 56.1 Å². The van der Waals surface area contributed by atoms with E-state index in [1.807, 2.05) is 31.2 Å². The van der Waals surface area contributed by atoms with Crippen molar-refractivity contribution in [2.24, 2.45) is 0 Å². The number of hydrogen-bond acceptors (Lipinski definition) is 5. The average molecular weight is 490 g/mol. The molecule has 2 unspecified atom stereocenters. The van der Waals surface area contributed by atoms with Crippen molar-refractivity contribution in [2.45, 2.75) is 44.8 Å². The highest BCUT2D eigenvalue weighted by molar-refractivity contribution is 6.02. The molecule has 2 heterocycles. The third-order valence-corrected chi connectivity index (χ3v) is 5.98. The van der Waals surface area contributed by atoms with Gasteiger partial charge in [0.2, 0.25) is 11.8 Å². The monoisotopic (exact) mass is 490 g/mol. The van der Waals surface area contributed by atoms with Crippen LogP contribution in [0.3, 0.4) is 0 Å². The molecular formula is C24H25F3N4O4. The Morgan fingerprint density at radius 2 is 1.80 bits per heavy atom. The summed E-state index contributed by atoms with van der Waals surface area (Å²) in [7, 11) is 0. The number of aryl methyl sites for hydroxylation is 1. The molecule has 0 bridgehead atoms. The number of urea groups is 1. The smallest absolute Gasteiger partial charge is 0.406 e. The van der Waals surface area contributed by atoms with Crippen LogP contribution in [0.15, 0.2) is 48.5 Å². The van der Waals surface area contributed by atoms with Crippen molar-refractivity contribution in [1.29, 1.82) is 0 Å². The number of ether oxygens (including phenoxy) is 1. The second kappa shape index (κ2) is 9.95. The molecular weight excluding hydrogens is 465 g/mol. The molecule has 2 aliphatic rings. The number of alkyl halides is 3. The molecule has 186 valence electrons. The van der Waals surface area contributed by atoms with Gasteiger partial charge in [-0.1, -0.05) is 29.8 Å². The average Bonchev–Trinajstić information content (AvgIpc) is 2.81. The Balaban J connectivity index is 1.47. The van der Waals surface area contributed by atoms with Crippen LogP contribution in [-0.4, -0.2) is 59.2 Å². The maximum Gasteiger partial charge on any atom is 0.573 e. The number of imide groups is 1. The molecule has 0 aliphatic carbocycles. The van der Waals surface area contributed by atoms with Gasteiger partial charge in [0.25, 0.3) is 0 Å². The molecule has 35 heavy (non-hydrogen) atoms. The van der Waals surface area contributed by atoms with Gasteiger partial charge in [-0.25, -0.2) is 4.79 Å². The number of anilines is 1. The summed E-state index contributed by atoms with van der Waals surface area (Å²) in [5.41, 5.74) is 2.09. The Bertz CT molecular complexity index is 1090. The first-order chi connectivity index (χ1) is 16.6. The van der Waals surface area contributed by atoms with Crippen molar-refractivity contribution >= 4 is 23.5 Å². The van der Waals surface area contributed by atoms with E-state index in [1.165, 1.54) is 17.0 Å². The van der Waals surface area contributed by atoms with Crippen molar-refractivity contribution in [3.63, 3.8) is 0 Å². The first-order valence-electron chi connectivity index (χ1n) is 11.2. The number of piperidine rings is 1. The molecule has 2 aromatic rings. The van der Waals surface area contributed by atoms with E-state index in [4.69, 9.17) is 0 Å². The van der Waals surface area contributed by atoms with E-state index < -0.39 is 36.1 Å². The molecule has 2 N–H and O–H groups in total. The maximum absolute atomic E-state index is 13.3. The summed E-state index contributed by atoms with van der Waals surface area (Å²) < 4.78 is 40.8. The van der Waals surface area contributed by atoms with Crippen molar-refractivity contribution in [3.8, 4) is 5.75 Å². The lowest BCUT2D eigenvalue weighted by atomic mass is 9.93. The van der Waals surface area contributed by atoms with Gasteiger partial charge in [0.15, 0.2) is 0 Å². The normalized spacial score (nSPS) is 20.5. The third-order valence-electron chi connectivity index (χ3n) is 5.98. The molecule has 0 aromatic heterocycles. The van der Waals surface area contributed by atoms with Crippen molar-refractivity contribution in [3.05, 3.63) is 59.7 Å². The Labute approximate surface area is 200 Å². The number of carbonyl (C=O) groups excluding carboxylic acids is 3. The van der Waals surface area contributed by atoms with Gasteiger partial charge < -0.3 is 20.3 Å². The lowest BCUT2D eigenvalue weighted by Gasteiger charge is -2.46. The SMILES string of the molecule is Cc1ccc(CN2C(=O)C3NCCCC3N(CC(=O)Nc3ccc(OC(F)(F)F)cc3)C2=O)cc1. The fraction of sp³-hybridized carbons (Fsp3) is 0.375. The molecule has 2 atom stereocenters. The van der Waals surface area contributed by atoms with Gasteiger partial charge in [-0.15, -0.1) is 13.2 Å². The zero-order valence-corrected chi connectivity index (χ0v) is 19.0. The molecule has 2 aromatic carbocycles. The van der Waals surface area contributed by atoms with Crippen LogP contribution >= 0.6 is 0 Å². The van der Waals surface area contributed by atoms with Gasteiger partial charge in [0.05, 0.1) is 12.6 Å². The van der Waals surface area contributed by atoms with E-state index in [2.05, 4.69) is 15.4 Å². The molecule has 0 spiro atoms. The van der Waals surface area contributed by atoms with E-state index in [9.17, 15) is 27.6 Å². The first-order valence-corrected chi connectivity index (χ1v) is 11.2. The maximum atomic E-state index is 13.3. The number of benzene rings is 2. The molecule has 4 rings (SSSR count). The summed E-state index contributed by atoms with van der Waals surface area (Å²) in [6.07, 6.45) is -3.49. The molecule has 2 fully saturated rings. The Morgan fingerprint density at radius 3 is 2.46 bits per heavy atom. The van der Waals surface area contributed by atoms with Crippen LogP contribution in [0.5, 0.6) is 5.75 Å². The summed E-state index contributed by atoms with van der Waals surface area (Å²) in [6.45, 7) is 2.35. The zero-order valence-electron chi connectivity index (χ0n) is 19.0. The number of amides is 4. The minimum absolute atomic E-state index is 0.0850. The molecule has 0 saturated carbocycles. The largest absolute Gasteiger partial charge is 0.573 e. The fourth-order valence-corrected chi connectivity index (χ4v) is 4.32. The predicted octanol–water partition coefficient (Wildman–Crippen LogP) is 3.42. The Kier molecular flexibility index (Phi) is 6.97.